The Hall–Kier alpha value is -3.56. The summed E-state index contributed by atoms with van der Waals surface area (Å²) >= 11 is 6.58. The number of ether oxygens (including phenoxy) is 1. The molecule has 0 saturated heterocycles. The molecule has 1 atom stereocenters. The van der Waals surface area contributed by atoms with E-state index in [1.807, 2.05) is 6.92 Å². The van der Waals surface area contributed by atoms with Crippen molar-refractivity contribution in [3.05, 3.63) is 59.5 Å². The van der Waals surface area contributed by atoms with Crippen LogP contribution in [0.5, 0.6) is 11.5 Å². The molecule has 2 N–H and O–H groups in total. The third-order valence-corrected chi connectivity index (χ3v) is 5.49. The monoisotopic (exact) mass is 452 g/mol. The number of aromatic amines is 1. The molecule has 5 aromatic rings. The number of halogens is 2. The van der Waals surface area contributed by atoms with E-state index in [9.17, 15) is 9.50 Å². The third-order valence-electron chi connectivity index (χ3n) is 5.13. The van der Waals surface area contributed by atoms with Gasteiger partial charge in [-0.3, -0.25) is 9.67 Å². The number of H-pyrrole nitrogens is 1. The lowest BCUT2D eigenvalue weighted by Gasteiger charge is -2.10. The van der Waals surface area contributed by atoms with Crippen LogP contribution in [0.25, 0.3) is 33.3 Å². The van der Waals surface area contributed by atoms with E-state index in [2.05, 4.69) is 25.0 Å². The lowest BCUT2D eigenvalue weighted by Crippen LogP contribution is -2.09. The number of aromatic nitrogens is 6. The van der Waals surface area contributed by atoms with Gasteiger partial charge in [-0.2, -0.15) is 5.10 Å². The van der Waals surface area contributed by atoms with Gasteiger partial charge in [0.25, 0.3) is 0 Å². The molecule has 3 aromatic heterocycles. The largest absolute Gasteiger partial charge is 0.453 e. The van der Waals surface area contributed by atoms with Crippen molar-refractivity contribution in [3.63, 3.8) is 0 Å². The molecule has 0 fully saturated rings. The SMILES string of the molecule is Cc1nc2c(F)c(Oc3ccc4ncc(-c5cnn([C@H](C)CO)c5)nc4c3Cl)ccc2[nH]1. The molecule has 0 saturated carbocycles. The number of aryl methyl sites for hydroxylation is 1. The molecule has 0 aliphatic carbocycles. The topological polar surface area (TPSA) is 102 Å². The van der Waals surface area contributed by atoms with Crippen molar-refractivity contribution >= 4 is 33.7 Å². The minimum absolute atomic E-state index is 0.00799. The summed E-state index contributed by atoms with van der Waals surface area (Å²) in [4.78, 5) is 16.2. The number of fused-ring (bicyclic) bond motifs is 2. The maximum Gasteiger partial charge on any atom is 0.193 e. The van der Waals surface area contributed by atoms with Crippen LogP contribution in [-0.4, -0.2) is 41.4 Å². The summed E-state index contributed by atoms with van der Waals surface area (Å²) in [6, 6.07) is 6.39. The standard InChI is InChI=1S/C22H18ClFN6O2/c1-11(10-31)30-9-13(7-26-30)16-8-25-14-3-5-17(19(23)21(14)29-16)32-18-6-4-15-22(20(18)24)28-12(2)27-15/h3-9,11,31H,10H2,1-2H3,(H,27,28)/t11-/m1/s1. The fourth-order valence-corrected chi connectivity index (χ4v) is 3.62. The molecular formula is C22H18ClFN6O2. The van der Waals surface area contributed by atoms with E-state index in [0.29, 0.717) is 28.1 Å². The van der Waals surface area contributed by atoms with Gasteiger partial charge in [0.1, 0.15) is 27.6 Å². The van der Waals surface area contributed by atoms with Crippen LogP contribution in [0.2, 0.25) is 5.02 Å². The van der Waals surface area contributed by atoms with E-state index in [0.717, 1.165) is 5.56 Å². The highest BCUT2D eigenvalue weighted by Gasteiger charge is 2.17. The number of rotatable bonds is 5. The molecule has 32 heavy (non-hydrogen) atoms. The number of hydrogen-bond acceptors (Lipinski definition) is 6. The fraction of sp³-hybridized carbons (Fsp3) is 0.182. The van der Waals surface area contributed by atoms with E-state index >= 15 is 0 Å². The Morgan fingerprint density at radius 1 is 1.16 bits per heavy atom. The average molecular weight is 453 g/mol. The second-order valence-electron chi connectivity index (χ2n) is 7.44. The number of benzene rings is 2. The van der Waals surface area contributed by atoms with Crippen LogP contribution in [0.15, 0.2) is 42.9 Å². The summed E-state index contributed by atoms with van der Waals surface area (Å²) in [5, 5.41) is 13.8. The number of hydrogen-bond donors (Lipinski definition) is 2. The van der Waals surface area contributed by atoms with E-state index in [4.69, 9.17) is 16.3 Å². The molecular weight excluding hydrogens is 435 g/mol. The molecule has 8 nitrogen and oxygen atoms in total. The first kappa shape index (κ1) is 20.3. The van der Waals surface area contributed by atoms with E-state index in [1.165, 1.54) is 6.07 Å². The molecule has 2 aromatic carbocycles. The van der Waals surface area contributed by atoms with Crippen LogP contribution < -0.4 is 4.74 Å². The Kier molecular flexibility index (Phi) is 4.99. The van der Waals surface area contributed by atoms with Crippen LogP contribution >= 0.6 is 11.6 Å². The van der Waals surface area contributed by atoms with Crippen LogP contribution in [0, 0.1) is 12.7 Å². The Balaban J connectivity index is 1.53. The molecule has 0 aliphatic rings. The van der Waals surface area contributed by atoms with Gasteiger partial charge in [0, 0.05) is 11.8 Å². The fourth-order valence-electron chi connectivity index (χ4n) is 3.38. The zero-order valence-corrected chi connectivity index (χ0v) is 17.9. The third kappa shape index (κ3) is 3.45. The van der Waals surface area contributed by atoms with Crippen molar-refractivity contribution in [3.8, 4) is 22.8 Å². The summed E-state index contributed by atoms with van der Waals surface area (Å²) in [5.41, 5.74) is 3.07. The predicted octanol–water partition coefficient (Wildman–Crippen LogP) is 4.82. The minimum atomic E-state index is -0.576. The van der Waals surface area contributed by atoms with Crippen molar-refractivity contribution in [1.82, 2.24) is 29.7 Å². The Morgan fingerprint density at radius 3 is 2.78 bits per heavy atom. The van der Waals surface area contributed by atoms with E-state index in [1.54, 1.807) is 48.4 Å². The summed E-state index contributed by atoms with van der Waals surface area (Å²) in [6.07, 6.45) is 5.05. The number of nitrogens with zero attached hydrogens (tertiary/aromatic N) is 5. The maximum atomic E-state index is 14.9. The molecule has 0 aliphatic heterocycles. The smallest absolute Gasteiger partial charge is 0.193 e. The summed E-state index contributed by atoms with van der Waals surface area (Å²) < 4.78 is 22.3. The van der Waals surface area contributed by atoms with Crippen molar-refractivity contribution in [2.45, 2.75) is 19.9 Å². The number of nitrogens with one attached hydrogen (secondary N) is 1. The lowest BCUT2D eigenvalue weighted by atomic mass is 10.2. The first-order valence-electron chi connectivity index (χ1n) is 9.88. The lowest BCUT2D eigenvalue weighted by molar-refractivity contribution is 0.230. The molecule has 5 rings (SSSR count). The predicted molar refractivity (Wildman–Crippen MR) is 118 cm³/mol. The zero-order chi connectivity index (χ0) is 22.4. The highest BCUT2D eigenvalue weighted by atomic mass is 35.5. The normalized spacial score (nSPS) is 12.5. The Bertz CT molecular complexity index is 1460. The summed E-state index contributed by atoms with van der Waals surface area (Å²) in [5.74, 6) is 0.293. The van der Waals surface area contributed by atoms with Gasteiger partial charge in [-0.05, 0) is 38.1 Å². The van der Waals surface area contributed by atoms with Crippen molar-refractivity contribution in [2.75, 3.05) is 6.61 Å². The second kappa shape index (κ2) is 7.85. The highest BCUT2D eigenvalue weighted by Crippen LogP contribution is 2.37. The van der Waals surface area contributed by atoms with Crippen LogP contribution in [0.1, 0.15) is 18.8 Å². The average Bonchev–Trinajstić information content (AvgIpc) is 3.44. The molecule has 0 spiro atoms. The van der Waals surface area contributed by atoms with Gasteiger partial charge < -0.3 is 14.8 Å². The first-order chi connectivity index (χ1) is 15.4. The molecule has 10 heteroatoms. The van der Waals surface area contributed by atoms with Crippen LogP contribution in [0.3, 0.4) is 0 Å². The van der Waals surface area contributed by atoms with Crippen molar-refractivity contribution in [1.29, 1.82) is 0 Å². The molecule has 0 amide bonds. The quantitative estimate of drug-likeness (QED) is 0.396. The minimum Gasteiger partial charge on any atom is -0.453 e. The van der Waals surface area contributed by atoms with Crippen molar-refractivity contribution < 1.29 is 14.2 Å². The van der Waals surface area contributed by atoms with Crippen molar-refractivity contribution in [2.24, 2.45) is 0 Å². The molecule has 0 radical (unpaired) electrons. The molecule has 0 bridgehead atoms. The second-order valence-corrected chi connectivity index (χ2v) is 7.82. The zero-order valence-electron chi connectivity index (χ0n) is 17.2. The van der Waals surface area contributed by atoms with Gasteiger partial charge in [-0.15, -0.1) is 0 Å². The van der Waals surface area contributed by atoms with E-state index < -0.39 is 5.82 Å². The van der Waals surface area contributed by atoms with Crippen LogP contribution in [-0.2, 0) is 0 Å². The van der Waals surface area contributed by atoms with Gasteiger partial charge in [-0.1, -0.05) is 11.6 Å². The summed E-state index contributed by atoms with van der Waals surface area (Å²) in [6.45, 7) is 3.58. The maximum absolute atomic E-state index is 14.9. The Labute approximate surface area is 186 Å². The van der Waals surface area contributed by atoms with Gasteiger partial charge in [-0.25, -0.2) is 14.4 Å². The number of aliphatic hydroxyl groups is 1. The first-order valence-corrected chi connectivity index (χ1v) is 10.3. The van der Waals surface area contributed by atoms with Crippen LogP contribution in [0.4, 0.5) is 4.39 Å². The number of aliphatic hydroxyl groups excluding tert-OH is 1. The molecule has 3 heterocycles. The van der Waals surface area contributed by atoms with Gasteiger partial charge in [0.05, 0.1) is 41.8 Å². The van der Waals surface area contributed by atoms with E-state index in [-0.39, 0.29) is 34.7 Å². The molecule has 0 unspecified atom stereocenters. The number of imidazole rings is 1. The Morgan fingerprint density at radius 2 is 1.97 bits per heavy atom. The summed E-state index contributed by atoms with van der Waals surface area (Å²) in [7, 11) is 0. The molecule has 162 valence electrons. The van der Waals surface area contributed by atoms with Gasteiger partial charge >= 0.3 is 0 Å². The highest BCUT2D eigenvalue weighted by molar-refractivity contribution is 6.36. The van der Waals surface area contributed by atoms with Gasteiger partial charge in [0.2, 0.25) is 0 Å². The van der Waals surface area contributed by atoms with Gasteiger partial charge in [0.15, 0.2) is 11.6 Å².